The van der Waals surface area contributed by atoms with Crippen LogP contribution in [0.3, 0.4) is 0 Å². The molecular weight excluding hydrogens is 301 g/mol. The van der Waals surface area contributed by atoms with E-state index in [1.807, 2.05) is 0 Å². The maximum atomic E-state index is 13.7. The molecule has 0 bridgehead atoms. The minimum atomic E-state index is -3.88. The lowest BCUT2D eigenvalue weighted by Crippen LogP contribution is -2.47. The van der Waals surface area contributed by atoms with Gasteiger partial charge in [-0.15, -0.1) is 0 Å². The lowest BCUT2D eigenvalue weighted by Gasteiger charge is -2.32. The van der Waals surface area contributed by atoms with Crippen LogP contribution in [0, 0.1) is 12.7 Å². The lowest BCUT2D eigenvalue weighted by atomic mass is 10.1. The summed E-state index contributed by atoms with van der Waals surface area (Å²) in [7, 11) is -3.88. The van der Waals surface area contributed by atoms with Gasteiger partial charge in [0.2, 0.25) is 10.0 Å². The molecule has 116 valence electrons. The van der Waals surface area contributed by atoms with Gasteiger partial charge in [0, 0.05) is 12.6 Å². The molecule has 0 spiro atoms. The molecule has 1 saturated heterocycles. The second kappa shape index (κ2) is 5.70. The summed E-state index contributed by atoms with van der Waals surface area (Å²) in [6.07, 6.45) is 0. The highest BCUT2D eigenvalue weighted by atomic mass is 32.2. The Morgan fingerprint density at radius 2 is 2.14 bits per heavy atom. The number of hydrogen-bond donors (Lipinski definition) is 1. The molecule has 1 unspecified atom stereocenters. The van der Waals surface area contributed by atoms with Crippen LogP contribution in [0.5, 0.6) is 0 Å². The average molecular weight is 317 g/mol. The Balaban J connectivity index is 2.52. The number of aromatic carboxylic acids is 1. The molecule has 6 nitrogen and oxygen atoms in total. The van der Waals surface area contributed by atoms with E-state index in [9.17, 15) is 17.6 Å². The molecule has 8 heteroatoms. The number of ether oxygens (including phenoxy) is 1. The smallest absolute Gasteiger partial charge is 0.338 e. The highest BCUT2D eigenvalue weighted by Gasteiger charge is 2.32. The summed E-state index contributed by atoms with van der Waals surface area (Å²) in [4.78, 5) is 10.8. The van der Waals surface area contributed by atoms with Crippen molar-refractivity contribution in [2.75, 3.05) is 19.8 Å². The number of nitrogens with zero attached hydrogens (tertiary/aromatic N) is 1. The summed E-state index contributed by atoms with van der Waals surface area (Å²) >= 11 is 0. The van der Waals surface area contributed by atoms with Crippen molar-refractivity contribution in [3.8, 4) is 0 Å². The molecule has 1 heterocycles. The van der Waals surface area contributed by atoms with Crippen LogP contribution in [-0.4, -0.2) is 49.6 Å². The second-order valence-corrected chi connectivity index (χ2v) is 6.84. The highest BCUT2D eigenvalue weighted by Crippen LogP contribution is 2.24. The van der Waals surface area contributed by atoms with Gasteiger partial charge in [-0.05, 0) is 31.5 Å². The standard InChI is InChI=1S/C13H16FNO5S/c1-8-5-10(6-11(12(8)14)13(16)17)21(18,19)15-3-4-20-7-9(15)2/h5-6,9H,3-4,7H2,1-2H3,(H,16,17). The fourth-order valence-electron chi connectivity index (χ4n) is 2.25. The van der Waals surface area contributed by atoms with Crippen LogP contribution in [0.4, 0.5) is 4.39 Å². The van der Waals surface area contributed by atoms with Gasteiger partial charge in [0.05, 0.1) is 23.7 Å². The van der Waals surface area contributed by atoms with Crippen molar-refractivity contribution >= 4 is 16.0 Å². The quantitative estimate of drug-likeness (QED) is 0.907. The third-order valence-electron chi connectivity index (χ3n) is 3.37. The van der Waals surface area contributed by atoms with Gasteiger partial charge in [-0.3, -0.25) is 0 Å². The molecule has 1 atom stereocenters. The van der Waals surface area contributed by atoms with Gasteiger partial charge >= 0.3 is 5.97 Å². The molecule has 21 heavy (non-hydrogen) atoms. The Kier molecular flexibility index (Phi) is 4.31. The van der Waals surface area contributed by atoms with Crippen molar-refractivity contribution in [3.05, 3.63) is 29.1 Å². The zero-order valence-electron chi connectivity index (χ0n) is 11.7. The largest absolute Gasteiger partial charge is 0.478 e. The van der Waals surface area contributed by atoms with E-state index in [-0.39, 0.29) is 36.3 Å². The minimum absolute atomic E-state index is 0.0191. The number of benzene rings is 1. The second-order valence-electron chi connectivity index (χ2n) is 4.95. The molecular formula is C13H16FNO5S. The first kappa shape index (κ1) is 15.9. The number of sulfonamides is 1. The van der Waals surface area contributed by atoms with E-state index in [4.69, 9.17) is 9.84 Å². The number of hydrogen-bond acceptors (Lipinski definition) is 4. The SMILES string of the molecule is Cc1cc(S(=O)(=O)N2CCOCC2C)cc(C(=O)O)c1F. The normalized spacial score (nSPS) is 20.4. The molecule has 1 fully saturated rings. The summed E-state index contributed by atoms with van der Waals surface area (Å²) in [5.74, 6) is -2.42. The third-order valence-corrected chi connectivity index (χ3v) is 5.36. The Morgan fingerprint density at radius 3 is 2.71 bits per heavy atom. The van der Waals surface area contributed by atoms with Crippen molar-refractivity contribution in [2.24, 2.45) is 0 Å². The molecule has 2 rings (SSSR count). The summed E-state index contributed by atoms with van der Waals surface area (Å²) in [5, 5.41) is 8.97. The predicted molar refractivity (Wildman–Crippen MR) is 72.3 cm³/mol. The summed E-state index contributed by atoms with van der Waals surface area (Å²) in [6.45, 7) is 3.76. The van der Waals surface area contributed by atoms with Crippen LogP contribution in [0.15, 0.2) is 17.0 Å². The molecule has 1 aliphatic heterocycles. The van der Waals surface area contributed by atoms with Crippen LogP contribution in [0.25, 0.3) is 0 Å². The minimum Gasteiger partial charge on any atom is -0.478 e. The lowest BCUT2D eigenvalue weighted by molar-refractivity contribution is 0.0392. The zero-order chi connectivity index (χ0) is 15.8. The monoisotopic (exact) mass is 317 g/mol. The molecule has 0 amide bonds. The molecule has 1 aromatic carbocycles. The van der Waals surface area contributed by atoms with Gasteiger partial charge in [-0.2, -0.15) is 4.31 Å². The number of carboxylic acid groups (broad SMARTS) is 1. The first-order chi connectivity index (χ1) is 9.75. The number of morpholine rings is 1. The van der Waals surface area contributed by atoms with Gasteiger partial charge in [0.1, 0.15) is 5.82 Å². The van der Waals surface area contributed by atoms with Crippen molar-refractivity contribution in [1.29, 1.82) is 0 Å². The molecule has 1 aromatic rings. The van der Waals surface area contributed by atoms with Gasteiger partial charge in [0.25, 0.3) is 0 Å². The van der Waals surface area contributed by atoms with Crippen molar-refractivity contribution in [1.82, 2.24) is 4.31 Å². The maximum Gasteiger partial charge on any atom is 0.338 e. The van der Waals surface area contributed by atoms with E-state index in [1.165, 1.54) is 11.2 Å². The predicted octanol–water partition coefficient (Wildman–Crippen LogP) is 1.24. The Bertz CT molecular complexity index is 673. The van der Waals surface area contributed by atoms with E-state index >= 15 is 0 Å². The highest BCUT2D eigenvalue weighted by molar-refractivity contribution is 7.89. The average Bonchev–Trinajstić information content (AvgIpc) is 2.41. The van der Waals surface area contributed by atoms with Crippen molar-refractivity contribution in [3.63, 3.8) is 0 Å². The van der Waals surface area contributed by atoms with E-state index in [2.05, 4.69) is 0 Å². The van der Waals surface area contributed by atoms with Gasteiger partial charge in [0.15, 0.2) is 0 Å². The van der Waals surface area contributed by atoms with E-state index < -0.39 is 27.4 Å². The van der Waals surface area contributed by atoms with Crippen molar-refractivity contribution in [2.45, 2.75) is 24.8 Å². The number of aryl methyl sites for hydroxylation is 1. The van der Waals surface area contributed by atoms with Crippen molar-refractivity contribution < 1.29 is 27.4 Å². The molecule has 0 radical (unpaired) electrons. The van der Waals surface area contributed by atoms with Crippen LogP contribution in [-0.2, 0) is 14.8 Å². The fourth-order valence-corrected chi connectivity index (χ4v) is 3.96. The van der Waals surface area contributed by atoms with E-state index in [0.717, 1.165) is 12.1 Å². The van der Waals surface area contributed by atoms with Crippen LogP contribution >= 0.6 is 0 Å². The summed E-state index contributed by atoms with van der Waals surface area (Å²) in [5.41, 5.74) is -0.663. The maximum absolute atomic E-state index is 13.7. The molecule has 0 aromatic heterocycles. The van der Waals surface area contributed by atoms with Gasteiger partial charge in [-0.1, -0.05) is 0 Å². The summed E-state index contributed by atoms with van der Waals surface area (Å²) in [6, 6.07) is 1.66. The third kappa shape index (κ3) is 2.92. The fraction of sp³-hybridized carbons (Fsp3) is 0.462. The molecule has 1 aliphatic rings. The number of carbonyl (C=O) groups is 1. The van der Waals surface area contributed by atoms with Crippen LogP contribution in [0.2, 0.25) is 0 Å². The number of halogens is 1. The number of carboxylic acids is 1. The van der Waals surface area contributed by atoms with Crippen LogP contribution in [0.1, 0.15) is 22.8 Å². The Hall–Kier alpha value is -1.51. The first-order valence-corrected chi connectivity index (χ1v) is 7.82. The van der Waals surface area contributed by atoms with E-state index in [1.54, 1.807) is 6.92 Å². The van der Waals surface area contributed by atoms with Crippen LogP contribution < -0.4 is 0 Å². The zero-order valence-corrected chi connectivity index (χ0v) is 12.5. The molecule has 0 saturated carbocycles. The topological polar surface area (TPSA) is 83.9 Å². The molecule has 1 N–H and O–H groups in total. The summed E-state index contributed by atoms with van der Waals surface area (Å²) < 4.78 is 45.3. The molecule has 0 aliphatic carbocycles. The van der Waals surface area contributed by atoms with Gasteiger partial charge in [-0.25, -0.2) is 17.6 Å². The van der Waals surface area contributed by atoms with E-state index in [0.29, 0.717) is 0 Å². The first-order valence-electron chi connectivity index (χ1n) is 6.38. The Labute approximate surface area is 122 Å². The Morgan fingerprint density at radius 1 is 1.48 bits per heavy atom. The number of rotatable bonds is 3. The van der Waals surface area contributed by atoms with Gasteiger partial charge < -0.3 is 9.84 Å².